The molecule has 0 unspecified atom stereocenters. The van der Waals surface area contributed by atoms with Crippen molar-refractivity contribution < 1.29 is 4.79 Å². The first-order chi connectivity index (χ1) is 11.2. The highest BCUT2D eigenvalue weighted by atomic mass is 32.1. The zero-order valence-electron chi connectivity index (χ0n) is 14.6. The highest BCUT2D eigenvalue weighted by Gasteiger charge is 2.32. The first-order valence-electron chi connectivity index (χ1n) is 8.18. The molecule has 0 aromatic carbocycles. The second-order valence-electron chi connectivity index (χ2n) is 7.48. The highest BCUT2D eigenvalue weighted by molar-refractivity contribution is 7.13. The van der Waals surface area contributed by atoms with Crippen molar-refractivity contribution in [3.8, 4) is 0 Å². The molecule has 0 spiro atoms. The van der Waals surface area contributed by atoms with Crippen LogP contribution >= 0.6 is 11.3 Å². The molecule has 3 rings (SSSR count). The van der Waals surface area contributed by atoms with Gasteiger partial charge in [-0.1, -0.05) is 20.8 Å². The number of nitrogens with zero attached hydrogens (tertiary/aromatic N) is 3. The number of amides is 1. The Bertz CT molecular complexity index is 810. The number of likely N-dealkylation sites (tertiary alicyclic amines) is 1. The Labute approximate surface area is 145 Å². The molecule has 5 nitrogen and oxygen atoms in total. The predicted octanol–water partition coefficient (Wildman–Crippen LogP) is 2.68. The minimum atomic E-state index is -0.0892. The molecule has 0 saturated carbocycles. The topological polar surface area (TPSA) is 55.2 Å². The summed E-state index contributed by atoms with van der Waals surface area (Å²) < 4.78 is 1.54. The van der Waals surface area contributed by atoms with Gasteiger partial charge in [0.25, 0.3) is 11.5 Å². The van der Waals surface area contributed by atoms with Gasteiger partial charge in [-0.15, -0.1) is 11.3 Å². The molecule has 0 bridgehead atoms. The third-order valence-electron chi connectivity index (χ3n) is 4.26. The number of carbonyl (C=O) groups excluding carboxylic acids is 1. The van der Waals surface area contributed by atoms with Gasteiger partial charge in [-0.3, -0.25) is 9.59 Å². The summed E-state index contributed by atoms with van der Waals surface area (Å²) in [6, 6.07) is 7.24. The lowest BCUT2D eigenvalue weighted by Crippen LogP contribution is -2.52. The molecule has 6 heteroatoms. The van der Waals surface area contributed by atoms with Crippen molar-refractivity contribution in [2.75, 3.05) is 13.1 Å². The number of hydrogen-bond donors (Lipinski definition) is 0. The molecule has 2 aromatic rings. The molecule has 2 aromatic heterocycles. The largest absolute Gasteiger partial charge is 0.337 e. The third-order valence-corrected chi connectivity index (χ3v) is 5.25. The summed E-state index contributed by atoms with van der Waals surface area (Å²) in [5.41, 5.74) is 0.735. The normalized spacial score (nSPS) is 15.4. The molecule has 0 aliphatic carbocycles. The average molecular weight is 345 g/mol. The molecule has 0 radical (unpaired) electrons. The number of aromatic nitrogens is 2. The van der Waals surface area contributed by atoms with Gasteiger partial charge in [0.05, 0.1) is 17.1 Å². The maximum Gasteiger partial charge on any atom is 0.266 e. The van der Waals surface area contributed by atoms with Crippen LogP contribution in [0.4, 0.5) is 0 Å². The molecule has 128 valence electrons. The molecule has 24 heavy (non-hydrogen) atoms. The van der Waals surface area contributed by atoms with Gasteiger partial charge in [-0.05, 0) is 25.1 Å². The van der Waals surface area contributed by atoms with Crippen molar-refractivity contribution in [1.82, 2.24) is 14.7 Å². The fourth-order valence-electron chi connectivity index (χ4n) is 2.78. The molecule has 1 aliphatic heterocycles. The van der Waals surface area contributed by atoms with Crippen molar-refractivity contribution in [2.24, 2.45) is 5.92 Å². The van der Waals surface area contributed by atoms with Crippen LogP contribution in [0.3, 0.4) is 0 Å². The smallest absolute Gasteiger partial charge is 0.266 e. The molecule has 1 aliphatic rings. The molecule has 0 N–H and O–H groups in total. The van der Waals surface area contributed by atoms with Crippen molar-refractivity contribution in [3.63, 3.8) is 0 Å². The fourth-order valence-corrected chi connectivity index (χ4v) is 3.62. The lowest BCUT2D eigenvalue weighted by atomic mass is 9.92. The molecule has 0 atom stereocenters. The van der Waals surface area contributed by atoms with E-state index in [9.17, 15) is 9.59 Å². The summed E-state index contributed by atoms with van der Waals surface area (Å²) in [5.74, 6) is 0.378. The van der Waals surface area contributed by atoms with Crippen molar-refractivity contribution in [3.05, 3.63) is 50.1 Å². The summed E-state index contributed by atoms with van der Waals surface area (Å²) in [6.45, 7) is 10.2. The number of hydrogen-bond acceptors (Lipinski definition) is 4. The van der Waals surface area contributed by atoms with Gasteiger partial charge in [-0.2, -0.15) is 5.10 Å². The third kappa shape index (κ3) is 3.43. The maximum atomic E-state index is 12.3. The monoisotopic (exact) mass is 345 g/mol. The predicted molar refractivity (Wildman–Crippen MR) is 95.6 cm³/mol. The Balaban J connectivity index is 1.63. The van der Waals surface area contributed by atoms with Gasteiger partial charge >= 0.3 is 0 Å². The summed E-state index contributed by atoms with van der Waals surface area (Å²) >= 11 is 1.53. The van der Waals surface area contributed by atoms with E-state index in [2.05, 4.69) is 25.9 Å². The maximum absolute atomic E-state index is 12.3. The van der Waals surface area contributed by atoms with E-state index in [1.807, 2.05) is 24.0 Å². The first kappa shape index (κ1) is 16.9. The van der Waals surface area contributed by atoms with E-state index >= 15 is 0 Å². The van der Waals surface area contributed by atoms with Gasteiger partial charge in [0, 0.05) is 35.4 Å². The number of thiophene rings is 1. The van der Waals surface area contributed by atoms with Gasteiger partial charge in [-0.25, -0.2) is 4.68 Å². The summed E-state index contributed by atoms with van der Waals surface area (Å²) in [5, 5.41) is 4.50. The summed E-state index contributed by atoms with van der Waals surface area (Å²) in [4.78, 5) is 28.2. The van der Waals surface area contributed by atoms with Crippen molar-refractivity contribution in [2.45, 2.75) is 39.7 Å². The van der Waals surface area contributed by atoms with E-state index in [4.69, 9.17) is 0 Å². The van der Waals surface area contributed by atoms with Crippen molar-refractivity contribution in [1.29, 1.82) is 0 Å². The Morgan fingerprint density at radius 1 is 1.25 bits per heavy atom. The SMILES string of the molecule is Cc1ccc(C(=O)N2CC(Cn3nc(C(C)(C)C)ccc3=O)C2)s1. The van der Waals surface area contributed by atoms with Crippen LogP contribution in [0.2, 0.25) is 0 Å². The zero-order chi connectivity index (χ0) is 17.5. The van der Waals surface area contributed by atoms with E-state index in [1.165, 1.54) is 11.3 Å². The Kier molecular flexibility index (Phi) is 4.34. The number of carbonyl (C=O) groups is 1. The van der Waals surface area contributed by atoms with Crippen LogP contribution < -0.4 is 5.56 Å². The molecule has 3 heterocycles. The Morgan fingerprint density at radius 2 is 1.96 bits per heavy atom. The number of aryl methyl sites for hydroxylation is 1. The van der Waals surface area contributed by atoms with Crippen LogP contribution in [0, 0.1) is 12.8 Å². The van der Waals surface area contributed by atoms with Gasteiger partial charge in [0.1, 0.15) is 0 Å². The molecular formula is C18H23N3O2S. The van der Waals surface area contributed by atoms with Crippen LogP contribution in [-0.4, -0.2) is 33.7 Å². The first-order valence-corrected chi connectivity index (χ1v) is 9.00. The lowest BCUT2D eigenvalue weighted by Gasteiger charge is -2.39. The number of rotatable bonds is 3. The van der Waals surface area contributed by atoms with Crippen LogP contribution in [0.1, 0.15) is 41.0 Å². The minimum absolute atomic E-state index is 0.0818. The molecule has 1 fully saturated rings. The molecule has 1 amide bonds. The highest BCUT2D eigenvalue weighted by Crippen LogP contribution is 2.24. The fraction of sp³-hybridized carbons (Fsp3) is 0.500. The standard InChI is InChI=1S/C18H23N3O2S/c1-12-5-6-14(24-12)17(23)20-9-13(10-20)11-21-16(22)8-7-15(19-21)18(2,3)4/h5-8,13H,9-11H2,1-4H3. The van der Waals surface area contributed by atoms with Crippen molar-refractivity contribution >= 4 is 17.2 Å². The summed E-state index contributed by atoms with van der Waals surface area (Å²) in [7, 11) is 0. The van der Waals surface area contributed by atoms with E-state index in [0.29, 0.717) is 19.6 Å². The Morgan fingerprint density at radius 3 is 2.54 bits per heavy atom. The van der Waals surface area contributed by atoms with Crippen LogP contribution in [0.15, 0.2) is 29.1 Å². The second kappa shape index (κ2) is 6.16. The molecular weight excluding hydrogens is 322 g/mol. The average Bonchev–Trinajstić information content (AvgIpc) is 2.89. The van der Waals surface area contributed by atoms with Crippen LogP contribution in [-0.2, 0) is 12.0 Å². The van der Waals surface area contributed by atoms with E-state index in [-0.39, 0.29) is 22.8 Å². The van der Waals surface area contributed by atoms with E-state index in [1.54, 1.807) is 16.8 Å². The van der Waals surface area contributed by atoms with Gasteiger partial charge < -0.3 is 4.90 Å². The Hall–Kier alpha value is -1.95. The summed E-state index contributed by atoms with van der Waals surface area (Å²) in [6.07, 6.45) is 0. The minimum Gasteiger partial charge on any atom is -0.337 e. The lowest BCUT2D eigenvalue weighted by molar-refractivity contribution is 0.0462. The molecule has 1 saturated heterocycles. The van der Waals surface area contributed by atoms with E-state index in [0.717, 1.165) is 15.4 Å². The quantitative estimate of drug-likeness (QED) is 0.859. The van der Waals surface area contributed by atoms with Gasteiger partial charge in [0.2, 0.25) is 0 Å². The van der Waals surface area contributed by atoms with Gasteiger partial charge in [0.15, 0.2) is 0 Å². The second-order valence-corrected chi connectivity index (χ2v) is 8.76. The zero-order valence-corrected chi connectivity index (χ0v) is 15.4. The van der Waals surface area contributed by atoms with Crippen LogP contribution in [0.25, 0.3) is 0 Å². The van der Waals surface area contributed by atoms with E-state index < -0.39 is 0 Å². The van der Waals surface area contributed by atoms with Crippen LogP contribution in [0.5, 0.6) is 0 Å².